The van der Waals surface area contributed by atoms with Crippen molar-refractivity contribution >= 4 is 46.6 Å². The summed E-state index contributed by atoms with van der Waals surface area (Å²) in [4.78, 5) is 4.39. The molecule has 96 valence electrons. The minimum absolute atomic E-state index is 0.554. The van der Waals surface area contributed by atoms with Crippen molar-refractivity contribution in [3.63, 3.8) is 0 Å². The van der Waals surface area contributed by atoms with Gasteiger partial charge in [-0.25, -0.2) is 4.98 Å². The maximum Gasteiger partial charge on any atom is 0.147 e. The molecule has 0 fully saturated rings. The quantitative estimate of drug-likeness (QED) is 0.746. The number of halogens is 2. The summed E-state index contributed by atoms with van der Waals surface area (Å²) in [5, 5.41) is 7.48. The summed E-state index contributed by atoms with van der Waals surface area (Å²) < 4.78 is 0. The van der Waals surface area contributed by atoms with Crippen LogP contribution in [0.2, 0.25) is 10.0 Å². The van der Waals surface area contributed by atoms with Gasteiger partial charge in [-0.05, 0) is 18.7 Å². The molecule has 6 heteroatoms. The molecule has 1 aromatic heterocycles. The standard InChI is InChI=1S/C11H17Cl2N3S/c1-3-4-14-10-8(12)7-9(13)11(16-10)15-5-6-17-2/h7H,3-6H2,1-2H3,(H2,14,15,16). The van der Waals surface area contributed by atoms with Crippen molar-refractivity contribution in [1.82, 2.24) is 4.98 Å². The van der Waals surface area contributed by atoms with Crippen LogP contribution in [0.3, 0.4) is 0 Å². The van der Waals surface area contributed by atoms with E-state index in [0.29, 0.717) is 21.7 Å². The van der Waals surface area contributed by atoms with Gasteiger partial charge in [-0.15, -0.1) is 0 Å². The van der Waals surface area contributed by atoms with E-state index >= 15 is 0 Å². The average Bonchev–Trinajstić information content (AvgIpc) is 2.31. The van der Waals surface area contributed by atoms with Crippen LogP contribution in [0.5, 0.6) is 0 Å². The highest BCUT2D eigenvalue weighted by Crippen LogP contribution is 2.29. The lowest BCUT2D eigenvalue weighted by Gasteiger charge is -2.11. The van der Waals surface area contributed by atoms with E-state index in [4.69, 9.17) is 23.2 Å². The molecule has 0 saturated carbocycles. The van der Waals surface area contributed by atoms with Gasteiger partial charge in [0.1, 0.15) is 11.6 Å². The molecule has 0 radical (unpaired) electrons. The second-order valence-electron chi connectivity index (χ2n) is 3.50. The first-order valence-electron chi connectivity index (χ1n) is 5.51. The molecule has 0 aromatic carbocycles. The first kappa shape index (κ1) is 14.7. The zero-order valence-corrected chi connectivity index (χ0v) is 12.3. The van der Waals surface area contributed by atoms with Crippen molar-refractivity contribution < 1.29 is 0 Å². The van der Waals surface area contributed by atoms with E-state index in [1.165, 1.54) is 0 Å². The molecule has 1 heterocycles. The van der Waals surface area contributed by atoms with Gasteiger partial charge >= 0.3 is 0 Å². The van der Waals surface area contributed by atoms with E-state index in [2.05, 4.69) is 28.8 Å². The summed E-state index contributed by atoms with van der Waals surface area (Å²) in [6, 6.07) is 1.72. The maximum atomic E-state index is 6.07. The molecule has 0 aliphatic rings. The Bertz CT molecular complexity index is 361. The van der Waals surface area contributed by atoms with E-state index < -0.39 is 0 Å². The van der Waals surface area contributed by atoms with Gasteiger partial charge in [0.25, 0.3) is 0 Å². The second kappa shape index (κ2) is 7.90. The highest BCUT2D eigenvalue weighted by Gasteiger charge is 2.08. The molecule has 0 bridgehead atoms. The number of nitrogens with zero attached hydrogens (tertiary/aromatic N) is 1. The Morgan fingerprint density at radius 2 is 1.76 bits per heavy atom. The summed E-state index contributed by atoms with van der Waals surface area (Å²) in [5.74, 6) is 2.38. The van der Waals surface area contributed by atoms with Crippen molar-refractivity contribution in [3.8, 4) is 0 Å². The Hall–Kier alpha value is -0.320. The molecule has 0 saturated heterocycles. The number of anilines is 2. The summed E-state index contributed by atoms with van der Waals surface area (Å²) >= 11 is 13.9. The SMILES string of the molecule is CCCNc1nc(NCCSC)c(Cl)cc1Cl. The highest BCUT2D eigenvalue weighted by atomic mass is 35.5. The fraction of sp³-hybridized carbons (Fsp3) is 0.545. The van der Waals surface area contributed by atoms with Crippen molar-refractivity contribution in [1.29, 1.82) is 0 Å². The molecule has 0 spiro atoms. The van der Waals surface area contributed by atoms with E-state index in [1.807, 2.05) is 0 Å². The number of nitrogens with one attached hydrogen (secondary N) is 2. The summed E-state index contributed by atoms with van der Waals surface area (Å²) in [6.45, 7) is 3.77. The Morgan fingerprint density at radius 3 is 2.29 bits per heavy atom. The van der Waals surface area contributed by atoms with Crippen LogP contribution in [-0.4, -0.2) is 30.1 Å². The van der Waals surface area contributed by atoms with Crippen LogP contribution >= 0.6 is 35.0 Å². The Kier molecular flexibility index (Phi) is 6.85. The van der Waals surface area contributed by atoms with Crippen molar-refractivity contribution in [3.05, 3.63) is 16.1 Å². The number of pyridine rings is 1. The number of thioether (sulfide) groups is 1. The average molecular weight is 294 g/mol. The maximum absolute atomic E-state index is 6.07. The van der Waals surface area contributed by atoms with Gasteiger partial charge in [-0.2, -0.15) is 11.8 Å². The van der Waals surface area contributed by atoms with Crippen molar-refractivity contribution in [2.45, 2.75) is 13.3 Å². The number of hydrogen-bond acceptors (Lipinski definition) is 4. The van der Waals surface area contributed by atoms with Gasteiger partial charge in [0.05, 0.1) is 10.0 Å². The van der Waals surface area contributed by atoms with Gasteiger partial charge in [-0.3, -0.25) is 0 Å². The van der Waals surface area contributed by atoms with Crippen LogP contribution in [0, 0.1) is 0 Å². The zero-order valence-electron chi connectivity index (χ0n) is 10.0. The van der Waals surface area contributed by atoms with E-state index in [-0.39, 0.29) is 0 Å². The van der Waals surface area contributed by atoms with Gasteiger partial charge in [0, 0.05) is 18.8 Å². The summed E-state index contributed by atoms with van der Waals surface area (Å²) in [7, 11) is 0. The third kappa shape index (κ3) is 4.82. The zero-order chi connectivity index (χ0) is 12.7. The minimum atomic E-state index is 0.554. The third-order valence-corrected chi connectivity index (χ3v) is 3.26. The second-order valence-corrected chi connectivity index (χ2v) is 5.30. The summed E-state index contributed by atoms with van der Waals surface area (Å²) in [5.41, 5.74) is 0. The molecule has 2 N–H and O–H groups in total. The van der Waals surface area contributed by atoms with Gasteiger partial charge in [-0.1, -0.05) is 30.1 Å². The topological polar surface area (TPSA) is 37.0 Å². The fourth-order valence-corrected chi connectivity index (χ4v) is 2.03. The molecule has 0 aliphatic heterocycles. The largest absolute Gasteiger partial charge is 0.369 e. The van der Waals surface area contributed by atoms with Gasteiger partial charge < -0.3 is 10.6 Å². The Labute approximate surface area is 117 Å². The first-order chi connectivity index (χ1) is 8.19. The fourth-order valence-electron chi connectivity index (χ4n) is 1.23. The Balaban J connectivity index is 2.74. The molecular weight excluding hydrogens is 277 g/mol. The third-order valence-electron chi connectivity index (χ3n) is 2.07. The van der Waals surface area contributed by atoms with Crippen molar-refractivity contribution in [2.75, 3.05) is 35.7 Å². The molecule has 3 nitrogen and oxygen atoms in total. The predicted molar refractivity (Wildman–Crippen MR) is 79.9 cm³/mol. The minimum Gasteiger partial charge on any atom is -0.369 e. The van der Waals surface area contributed by atoms with Crippen LogP contribution in [-0.2, 0) is 0 Å². The lowest BCUT2D eigenvalue weighted by atomic mass is 10.4. The lowest BCUT2D eigenvalue weighted by molar-refractivity contribution is 0.969. The molecule has 1 aromatic rings. The van der Waals surface area contributed by atoms with Gasteiger partial charge in [0.15, 0.2) is 0 Å². The Morgan fingerprint density at radius 1 is 1.18 bits per heavy atom. The van der Waals surface area contributed by atoms with Crippen LogP contribution in [0.1, 0.15) is 13.3 Å². The molecule has 0 amide bonds. The van der Waals surface area contributed by atoms with Crippen LogP contribution in [0.15, 0.2) is 6.07 Å². The van der Waals surface area contributed by atoms with E-state index in [1.54, 1.807) is 17.8 Å². The molecular formula is C11H17Cl2N3S. The molecule has 1 rings (SSSR count). The molecule has 0 unspecified atom stereocenters. The molecule has 17 heavy (non-hydrogen) atoms. The first-order valence-corrected chi connectivity index (χ1v) is 7.66. The van der Waals surface area contributed by atoms with Crippen LogP contribution < -0.4 is 10.6 Å². The molecule has 0 aliphatic carbocycles. The number of hydrogen-bond donors (Lipinski definition) is 2. The number of aromatic nitrogens is 1. The smallest absolute Gasteiger partial charge is 0.147 e. The van der Waals surface area contributed by atoms with Gasteiger partial charge in [0.2, 0.25) is 0 Å². The van der Waals surface area contributed by atoms with E-state index in [0.717, 1.165) is 25.3 Å². The predicted octanol–water partition coefficient (Wildman–Crippen LogP) is 3.99. The van der Waals surface area contributed by atoms with Crippen LogP contribution in [0.25, 0.3) is 0 Å². The number of rotatable bonds is 7. The molecule has 0 atom stereocenters. The van der Waals surface area contributed by atoms with Crippen LogP contribution in [0.4, 0.5) is 11.6 Å². The monoisotopic (exact) mass is 293 g/mol. The van der Waals surface area contributed by atoms with Crippen molar-refractivity contribution in [2.24, 2.45) is 0 Å². The normalized spacial score (nSPS) is 10.4. The summed E-state index contributed by atoms with van der Waals surface area (Å²) in [6.07, 6.45) is 3.09. The highest BCUT2D eigenvalue weighted by molar-refractivity contribution is 7.98. The lowest BCUT2D eigenvalue weighted by Crippen LogP contribution is -2.09. The van der Waals surface area contributed by atoms with E-state index in [9.17, 15) is 0 Å².